The van der Waals surface area contributed by atoms with Gasteiger partial charge in [-0.3, -0.25) is 0 Å². The number of hydrogen-bond acceptors (Lipinski definition) is 1. The molecule has 1 heteroatoms. The van der Waals surface area contributed by atoms with Crippen LogP contribution in [0.25, 0.3) is 0 Å². The van der Waals surface area contributed by atoms with Gasteiger partial charge in [-0.05, 0) is 31.2 Å². The maximum absolute atomic E-state index is 5.62. The summed E-state index contributed by atoms with van der Waals surface area (Å²) in [6.07, 6.45) is 7.85. The van der Waals surface area contributed by atoms with E-state index in [9.17, 15) is 0 Å². The van der Waals surface area contributed by atoms with E-state index >= 15 is 0 Å². The molecule has 0 aromatic carbocycles. The third-order valence-corrected chi connectivity index (χ3v) is 2.74. The van der Waals surface area contributed by atoms with Crippen LogP contribution >= 0.6 is 0 Å². The third kappa shape index (κ3) is 4.76. The Labute approximate surface area is 77.7 Å². The smallest absolute Gasteiger partial charge is 0.00721 e. The van der Waals surface area contributed by atoms with Gasteiger partial charge in [-0.2, -0.15) is 0 Å². The highest BCUT2D eigenvalue weighted by molar-refractivity contribution is 4.73. The molecular formula is C11H25N. The van der Waals surface area contributed by atoms with Crippen molar-refractivity contribution in [3.05, 3.63) is 0 Å². The molecule has 2 N–H and O–H groups in total. The summed E-state index contributed by atoms with van der Waals surface area (Å²) in [6.45, 7) is 7.76. The Morgan fingerprint density at radius 2 is 1.67 bits per heavy atom. The molecule has 0 aromatic heterocycles. The largest absolute Gasteiger partial charge is 0.330 e. The molecule has 1 unspecified atom stereocenters. The van der Waals surface area contributed by atoms with Crippen LogP contribution in [0.5, 0.6) is 0 Å². The minimum absolute atomic E-state index is 0.527. The lowest BCUT2D eigenvalue weighted by molar-refractivity contribution is 0.244. The van der Waals surface area contributed by atoms with Crippen molar-refractivity contribution in [3.63, 3.8) is 0 Å². The first kappa shape index (κ1) is 12.0. The van der Waals surface area contributed by atoms with Gasteiger partial charge < -0.3 is 5.73 Å². The first-order chi connectivity index (χ1) is 5.68. The van der Waals surface area contributed by atoms with Crippen LogP contribution in [0.15, 0.2) is 0 Å². The Morgan fingerprint density at radius 1 is 1.00 bits per heavy atom. The van der Waals surface area contributed by atoms with E-state index in [4.69, 9.17) is 5.73 Å². The van der Waals surface area contributed by atoms with E-state index in [1.165, 1.54) is 38.5 Å². The third-order valence-electron chi connectivity index (χ3n) is 2.74. The van der Waals surface area contributed by atoms with Crippen molar-refractivity contribution in [2.45, 2.75) is 59.3 Å². The Kier molecular flexibility index (Phi) is 6.45. The fourth-order valence-electron chi connectivity index (χ4n) is 1.93. The van der Waals surface area contributed by atoms with E-state index in [2.05, 4.69) is 20.8 Å². The zero-order chi connectivity index (χ0) is 9.45. The van der Waals surface area contributed by atoms with Crippen molar-refractivity contribution in [2.24, 2.45) is 11.1 Å². The number of hydrogen-bond donors (Lipinski definition) is 1. The minimum atomic E-state index is 0.527. The van der Waals surface area contributed by atoms with E-state index in [-0.39, 0.29) is 0 Å². The Hall–Kier alpha value is -0.0400. The zero-order valence-electron chi connectivity index (χ0n) is 9.03. The van der Waals surface area contributed by atoms with Crippen LogP contribution in [0.1, 0.15) is 59.3 Å². The predicted octanol–water partition coefficient (Wildman–Crippen LogP) is 3.33. The van der Waals surface area contributed by atoms with Gasteiger partial charge in [0.05, 0.1) is 0 Å². The molecule has 0 saturated carbocycles. The second kappa shape index (κ2) is 6.47. The number of unbranched alkanes of at least 4 members (excludes halogenated alkanes) is 1. The normalized spacial score (nSPS) is 16.0. The highest BCUT2D eigenvalue weighted by Gasteiger charge is 2.20. The standard InChI is InChI=1S/C11H25N/c1-4-6-8-11(3,7-5-2)9-10-12/h4-10,12H2,1-3H3. The molecule has 0 aliphatic heterocycles. The Bertz CT molecular complexity index is 93.2. The topological polar surface area (TPSA) is 26.0 Å². The van der Waals surface area contributed by atoms with Crippen molar-refractivity contribution in [1.29, 1.82) is 0 Å². The van der Waals surface area contributed by atoms with Crippen molar-refractivity contribution in [2.75, 3.05) is 6.54 Å². The number of nitrogens with two attached hydrogens (primary N) is 1. The average Bonchev–Trinajstić information content (AvgIpc) is 2.02. The summed E-state index contributed by atoms with van der Waals surface area (Å²) >= 11 is 0. The summed E-state index contributed by atoms with van der Waals surface area (Å²) in [4.78, 5) is 0. The van der Waals surface area contributed by atoms with Crippen LogP contribution in [0.4, 0.5) is 0 Å². The fourth-order valence-corrected chi connectivity index (χ4v) is 1.93. The lowest BCUT2D eigenvalue weighted by Crippen LogP contribution is -2.20. The number of rotatable bonds is 7. The second-order valence-corrected chi connectivity index (χ2v) is 4.20. The summed E-state index contributed by atoms with van der Waals surface area (Å²) in [7, 11) is 0. The van der Waals surface area contributed by atoms with Gasteiger partial charge in [0.25, 0.3) is 0 Å². The summed E-state index contributed by atoms with van der Waals surface area (Å²) in [6, 6.07) is 0. The molecule has 1 nitrogen and oxygen atoms in total. The van der Waals surface area contributed by atoms with E-state index in [0.29, 0.717) is 5.41 Å². The van der Waals surface area contributed by atoms with E-state index in [1.807, 2.05) is 0 Å². The zero-order valence-corrected chi connectivity index (χ0v) is 9.03. The molecule has 0 saturated heterocycles. The van der Waals surface area contributed by atoms with Crippen LogP contribution in [0, 0.1) is 5.41 Å². The van der Waals surface area contributed by atoms with Crippen molar-refractivity contribution in [1.82, 2.24) is 0 Å². The van der Waals surface area contributed by atoms with E-state index in [1.54, 1.807) is 0 Å². The summed E-state index contributed by atoms with van der Waals surface area (Å²) in [5, 5.41) is 0. The SMILES string of the molecule is CCCCC(C)(CCC)CCN. The van der Waals surface area contributed by atoms with Crippen LogP contribution in [0.3, 0.4) is 0 Å². The first-order valence-corrected chi connectivity index (χ1v) is 5.38. The van der Waals surface area contributed by atoms with Crippen molar-refractivity contribution < 1.29 is 0 Å². The Balaban J connectivity index is 3.80. The van der Waals surface area contributed by atoms with Gasteiger partial charge in [-0.15, -0.1) is 0 Å². The average molecular weight is 171 g/mol. The highest BCUT2D eigenvalue weighted by atomic mass is 14.5. The van der Waals surface area contributed by atoms with Gasteiger partial charge in [0.1, 0.15) is 0 Å². The quantitative estimate of drug-likeness (QED) is 0.624. The molecular weight excluding hydrogens is 146 g/mol. The van der Waals surface area contributed by atoms with E-state index < -0.39 is 0 Å². The summed E-state index contributed by atoms with van der Waals surface area (Å²) in [5.41, 5.74) is 6.14. The molecule has 0 radical (unpaired) electrons. The van der Waals surface area contributed by atoms with Crippen molar-refractivity contribution in [3.8, 4) is 0 Å². The molecule has 0 aromatic rings. The van der Waals surface area contributed by atoms with Gasteiger partial charge in [0.2, 0.25) is 0 Å². The van der Waals surface area contributed by atoms with Gasteiger partial charge in [0, 0.05) is 0 Å². The van der Waals surface area contributed by atoms with Crippen LogP contribution < -0.4 is 5.73 Å². The second-order valence-electron chi connectivity index (χ2n) is 4.20. The summed E-state index contributed by atoms with van der Waals surface area (Å²) < 4.78 is 0. The fraction of sp³-hybridized carbons (Fsp3) is 1.00. The van der Waals surface area contributed by atoms with E-state index in [0.717, 1.165) is 6.54 Å². The molecule has 0 aliphatic rings. The molecule has 74 valence electrons. The lowest BCUT2D eigenvalue weighted by Gasteiger charge is -2.28. The maximum atomic E-state index is 5.62. The molecule has 0 heterocycles. The lowest BCUT2D eigenvalue weighted by atomic mass is 9.78. The first-order valence-electron chi connectivity index (χ1n) is 5.38. The molecule has 0 amide bonds. The van der Waals surface area contributed by atoms with Crippen LogP contribution in [-0.4, -0.2) is 6.54 Å². The van der Waals surface area contributed by atoms with Gasteiger partial charge in [-0.1, -0.05) is 40.0 Å². The van der Waals surface area contributed by atoms with Crippen LogP contribution in [0.2, 0.25) is 0 Å². The highest BCUT2D eigenvalue weighted by Crippen LogP contribution is 2.32. The summed E-state index contributed by atoms with van der Waals surface area (Å²) in [5.74, 6) is 0. The monoisotopic (exact) mass is 171 g/mol. The molecule has 1 atom stereocenters. The molecule has 0 spiro atoms. The molecule has 12 heavy (non-hydrogen) atoms. The van der Waals surface area contributed by atoms with Crippen molar-refractivity contribution >= 4 is 0 Å². The molecule has 0 bridgehead atoms. The van der Waals surface area contributed by atoms with Crippen LogP contribution in [-0.2, 0) is 0 Å². The minimum Gasteiger partial charge on any atom is -0.330 e. The maximum Gasteiger partial charge on any atom is -0.00721 e. The molecule has 0 rings (SSSR count). The van der Waals surface area contributed by atoms with Gasteiger partial charge in [-0.25, -0.2) is 0 Å². The predicted molar refractivity (Wildman–Crippen MR) is 56.2 cm³/mol. The van der Waals surface area contributed by atoms with Gasteiger partial charge >= 0.3 is 0 Å². The molecule has 0 aliphatic carbocycles. The molecule has 0 fully saturated rings. The Morgan fingerprint density at radius 3 is 2.08 bits per heavy atom. The van der Waals surface area contributed by atoms with Gasteiger partial charge in [0.15, 0.2) is 0 Å².